The molecule has 0 saturated heterocycles. The van der Waals surface area contributed by atoms with Crippen molar-refractivity contribution >= 4 is 48.4 Å². The molecule has 1 saturated carbocycles. The SMILES string of the molecule is COC(=O)[C@H](CCSC)NP(=O)(OC[C@@H]1C=C[C@H](n2cnc3c(NC4CC4)nc(N)nc32)C1)Oc1ccccc1. The number of nitrogens with zero attached hydrogens (tertiary/aromatic N) is 4. The van der Waals surface area contributed by atoms with Gasteiger partial charge < -0.3 is 24.9 Å². The first-order chi connectivity index (χ1) is 19.4. The second kappa shape index (κ2) is 12.6. The Morgan fingerprint density at radius 2 is 2.05 bits per heavy atom. The van der Waals surface area contributed by atoms with Crippen LogP contribution < -0.4 is 20.7 Å². The maximum atomic E-state index is 13.9. The molecule has 14 heteroatoms. The zero-order chi connectivity index (χ0) is 28.1. The summed E-state index contributed by atoms with van der Waals surface area (Å²) < 4.78 is 32.6. The minimum Gasteiger partial charge on any atom is -0.468 e. The molecule has 2 aliphatic rings. The molecule has 0 radical (unpaired) electrons. The van der Waals surface area contributed by atoms with E-state index in [0.29, 0.717) is 47.4 Å². The number of allylic oxidation sites excluding steroid dienone is 1. The monoisotopic (exact) mass is 587 g/mol. The van der Waals surface area contributed by atoms with E-state index in [-0.39, 0.29) is 24.5 Å². The molecule has 0 spiro atoms. The Kier molecular flexibility index (Phi) is 8.94. The van der Waals surface area contributed by atoms with Gasteiger partial charge in [0, 0.05) is 12.0 Å². The number of nitrogen functional groups attached to an aromatic ring is 1. The molecule has 0 bridgehead atoms. The van der Waals surface area contributed by atoms with E-state index in [1.165, 1.54) is 7.11 Å². The molecule has 2 heterocycles. The number of fused-ring (bicyclic) bond motifs is 1. The molecule has 2 aliphatic carbocycles. The molecule has 40 heavy (non-hydrogen) atoms. The summed E-state index contributed by atoms with van der Waals surface area (Å²) in [5.74, 6) is 1.27. The third kappa shape index (κ3) is 6.95. The topological polar surface area (TPSA) is 156 Å². The van der Waals surface area contributed by atoms with Crippen LogP contribution in [0.4, 0.5) is 11.8 Å². The number of hydrogen-bond donors (Lipinski definition) is 3. The minimum absolute atomic E-state index is 0.0477. The summed E-state index contributed by atoms with van der Waals surface area (Å²) >= 11 is 1.57. The van der Waals surface area contributed by atoms with Crippen molar-refractivity contribution in [3.05, 3.63) is 48.8 Å². The second-order valence-corrected chi connectivity index (χ2v) is 12.5. The molecule has 1 fully saturated rings. The standard InChI is InChI=1S/C26H34N7O5PS/c1-36-25(34)21(12-13-40-2)32-39(35,38-20-6-4-3-5-7-20)37-15-17-8-11-19(14-17)33-16-28-22-23(29-18-9-10-18)30-26(27)31-24(22)33/h3-8,11,16-19,21H,9-10,12-15H2,1-2H3,(H,32,35)(H3,27,29,30,31)/t17-,19+,21+,39?/m1/s1. The molecule has 0 aliphatic heterocycles. The fourth-order valence-electron chi connectivity index (χ4n) is 4.49. The highest BCUT2D eigenvalue weighted by molar-refractivity contribution is 7.98. The van der Waals surface area contributed by atoms with Gasteiger partial charge in [0.05, 0.1) is 26.1 Å². The summed E-state index contributed by atoms with van der Waals surface area (Å²) in [6.45, 7) is 0.110. The lowest BCUT2D eigenvalue weighted by atomic mass is 10.1. The number of nitrogens with two attached hydrogens (primary N) is 1. The van der Waals surface area contributed by atoms with Crippen molar-refractivity contribution in [2.24, 2.45) is 5.92 Å². The number of anilines is 2. The largest absolute Gasteiger partial charge is 0.468 e. The number of hydrogen-bond acceptors (Lipinski definition) is 11. The van der Waals surface area contributed by atoms with Crippen LogP contribution in [0.5, 0.6) is 5.75 Å². The van der Waals surface area contributed by atoms with Crippen LogP contribution in [0, 0.1) is 5.92 Å². The van der Waals surface area contributed by atoms with Gasteiger partial charge in [0.25, 0.3) is 0 Å². The highest BCUT2D eigenvalue weighted by atomic mass is 32.2. The fourth-order valence-corrected chi connectivity index (χ4v) is 6.54. The highest BCUT2D eigenvalue weighted by Crippen LogP contribution is 2.46. The van der Waals surface area contributed by atoms with Gasteiger partial charge in [-0.2, -0.15) is 26.8 Å². The Bertz CT molecular complexity index is 1400. The minimum atomic E-state index is -3.96. The van der Waals surface area contributed by atoms with Crippen LogP contribution in [0.15, 0.2) is 48.8 Å². The number of thioether (sulfide) groups is 1. The first kappa shape index (κ1) is 28.4. The Morgan fingerprint density at radius 3 is 2.77 bits per heavy atom. The molecule has 3 aromatic rings. The molecule has 4 atom stereocenters. The molecule has 5 rings (SSSR count). The first-order valence-electron chi connectivity index (χ1n) is 13.2. The lowest BCUT2D eigenvalue weighted by molar-refractivity contribution is -0.142. The van der Waals surface area contributed by atoms with E-state index < -0.39 is 19.8 Å². The van der Waals surface area contributed by atoms with Gasteiger partial charge in [0.15, 0.2) is 17.0 Å². The Labute approximate surface area is 237 Å². The molecular formula is C26H34N7O5PS. The predicted octanol–water partition coefficient (Wildman–Crippen LogP) is 4.19. The van der Waals surface area contributed by atoms with Crippen LogP contribution in [-0.2, 0) is 18.6 Å². The van der Waals surface area contributed by atoms with Crippen LogP contribution in [0.25, 0.3) is 11.2 Å². The van der Waals surface area contributed by atoms with Gasteiger partial charge >= 0.3 is 13.7 Å². The lowest BCUT2D eigenvalue weighted by Gasteiger charge is -2.25. The van der Waals surface area contributed by atoms with Gasteiger partial charge in [-0.25, -0.2) is 9.55 Å². The van der Waals surface area contributed by atoms with Crippen LogP contribution >= 0.6 is 19.5 Å². The van der Waals surface area contributed by atoms with Crippen molar-refractivity contribution < 1.29 is 23.1 Å². The van der Waals surface area contributed by atoms with Gasteiger partial charge in [0.1, 0.15) is 11.8 Å². The maximum Gasteiger partial charge on any atom is 0.459 e. The number of para-hydroxylation sites is 1. The molecule has 4 N–H and O–H groups in total. The van der Waals surface area contributed by atoms with Gasteiger partial charge in [0.2, 0.25) is 5.95 Å². The van der Waals surface area contributed by atoms with E-state index in [1.807, 2.05) is 29.0 Å². The first-order valence-corrected chi connectivity index (χ1v) is 16.1. The Morgan fingerprint density at radius 1 is 1.25 bits per heavy atom. The number of benzene rings is 1. The smallest absolute Gasteiger partial charge is 0.459 e. The van der Waals surface area contributed by atoms with E-state index >= 15 is 0 Å². The summed E-state index contributed by atoms with van der Waals surface area (Å²) in [5, 5.41) is 6.21. The van der Waals surface area contributed by atoms with Crippen molar-refractivity contribution in [2.75, 3.05) is 36.8 Å². The van der Waals surface area contributed by atoms with Crippen molar-refractivity contribution in [1.29, 1.82) is 0 Å². The fraction of sp³-hybridized carbons (Fsp3) is 0.462. The van der Waals surface area contributed by atoms with Crippen molar-refractivity contribution in [3.63, 3.8) is 0 Å². The normalized spacial score (nSPS) is 20.8. The zero-order valence-corrected chi connectivity index (χ0v) is 24.1. The van der Waals surface area contributed by atoms with E-state index in [0.717, 1.165) is 12.8 Å². The molecule has 1 aromatic carbocycles. The molecule has 2 aromatic heterocycles. The number of esters is 1. The Balaban J connectivity index is 1.28. The number of aromatic nitrogens is 4. The van der Waals surface area contributed by atoms with Crippen LogP contribution in [-0.4, -0.2) is 63.3 Å². The van der Waals surface area contributed by atoms with Crippen LogP contribution in [0.3, 0.4) is 0 Å². The predicted molar refractivity (Wildman–Crippen MR) is 155 cm³/mol. The average molecular weight is 588 g/mol. The lowest BCUT2D eigenvalue weighted by Crippen LogP contribution is -2.38. The molecular weight excluding hydrogens is 553 g/mol. The number of ether oxygens (including phenoxy) is 1. The van der Waals surface area contributed by atoms with Crippen molar-refractivity contribution in [2.45, 2.75) is 43.8 Å². The number of carbonyl (C=O) groups excluding carboxylic acids is 1. The van der Waals surface area contributed by atoms with Gasteiger partial charge in [-0.3, -0.25) is 9.32 Å². The van der Waals surface area contributed by atoms with E-state index in [9.17, 15) is 9.36 Å². The number of methoxy groups -OCH3 is 1. The molecule has 12 nitrogen and oxygen atoms in total. The summed E-state index contributed by atoms with van der Waals surface area (Å²) in [5.41, 5.74) is 7.34. The molecule has 1 unspecified atom stereocenters. The Hall–Kier alpha value is -3.12. The van der Waals surface area contributed by atoms with Crippen molar-refractivity contribution in [3.8, 4) is 5.75 Å². The second-order valence-electron chi connectivity index (χ2n) is 9.80. The molecule has 0 amide bonds. The number of imidazole rings is 1. The highest BCUT2D eigenvalue weighted by Gasteiger charge is 2.35. The van der Waals surface area contributed by atoms with Gasteiger partial charge in [-0.05, 0) is 49.8 Å². The molecule has 214 valence electrons. The number of carbonyl (C=O) groups is 1. The van der Waals surface area contributed by atoms with E-state index in [1.54, 1.807) is 42.4 Å². The van der Waals surface area contributed by atoms with E-state index in [4.69, 9.17) is 19.5 Å². The summed E-state index contributed by atoms with van der Waals surface area (Å²) in [4.78, 5) is 25.8. The quantitative estimate of drug-likeness (QED) is 0.141. The van der Waals surface area contributed by atoms with E-state index in [2.05, 4.69) is 25.4 Å². The number of rotatable bonds is 14. The average Bonchev–Trinajstić information content (AvgIpc) is 3.46. The summed E-state index contributed by atoms with van der Waals surface area (Å²) in [6, 6.07) is 8.24. The third-order valence-electron chi connectivity index (χ3n) is 6.70. The van der Waals surface area contributed by atoms with Gasteiger partial charge in [-0.15, -0.1) is 0 Å². The zero-order valence-electron chi connectivity index (χ0n) is 22.4. The van der Waals surface area contributed by atoms with Gasteiger partial charge in [-0.1, -0.05) is 30.4 Å². The maximum absolute atomic E-state index is 13.9. The van der Waals surface area contributed by atoms with Crippen molar-refractivity contribution in [1.82, 2.24) is 24.6 Å². The number of nitrogens with one attached hydrogen (secondary N) is 2. The van der Waals surface area contributed by atoms with Crippen LogP contribution in [0.1, 0.15) is 31.7 Å². The summed E-state index contributed by atoms with van der Waals surface area (Å²) in [7, 11) is -2.66. The van der Waals surface area contributed by atoms with Crippen LogP contribution in [0.2, 0.25) is 0 Å². The third-order valence-corrected chi connectivity index (χ3v) is 8.91. The summed E-state index contributed by atoms with van der Waals surface area (Å²) in [6.07, 6.45) is 11.0.